The van der Waals surface area contributed by atoms with Crippen molar-refractivity contribution in [2.45, 2.75) is 45.1 Å². The summed E-state index contributed by atoms with van der Waals surface area (Å²) >= 11 is 0. The molecule has 6 nitrogen and oxygen atoms in total. The third kappa shape index (κ3) is 2.57. The number of anilines is 1. The Hall–Kier alpha value is -1.98. The van der Waals surface area contributed by atoms with E-state index in [0.717, 1.165) is 24.5 Å². The average Bonchev–Trinajstić information content (AvgIpc) is 2.84. The Labute approximate surface area is 112 Å². The first-order valence-electron chi connectivity index (χ1n) is 6.79. The summed E-state index contributed by atoms with van der Waals surface area (Å²) in [6.45, 7) is 2.05. The maximum Gasteiger partial charge on any atom is 0.146 e. The van der Waals surface area contributed by atoms with E-state index in [9.17, 15) is 0 Å². The highest BCUT2D eigenvalue weighted by Gasteiger charge is 2.16. The zero-order valence-corrected chi connectivity index (χ0v) is 11.1. The molecular weight excluding hydrogens is 240 g/mol. The van der Waals surface area contributed by atoms with Crippen LogP contribution in [0.1, 0.15) is 49.3 Å². The van der Waals surface area contributed by atoms with Crippen LogP contribution in [-0.4, -0.2) is 25.1 Å². The maximum absolute atomic E-state index is 4.42. The molecule has 1 aliphatic rings. The molecule has 2 heterocycles. The first-order valence-corrected chi connectivity index (χ1v) is 6.79. The number of hydrogen-bond donors (Lipinski definition) is 2. The molecule has 2 aromatic rings. The fourth-order valence-corrected chi connectivity index (χ4v) is 2.52. The van der Waals surface area contributed by atoms with E-state index < -0.39 is 0 Å². The van der Waals surface area contributed by atoms with Crippen LogP contribution in [-0.2, 0) is 12.8 Å². The number of nitrogens with one attached hydrogen (secondary N) is 2. The monoisotopic (exact) mass is 258 g/mol. The Morgan fingerprint density at radius 3 is 2.84 bits per heavy atom. The highest BCUT2D eigenvalue weighted by molar-refractivity contribution is 5.47. The zero-order valence-electron chi connectivity index (χ0n) is 11.1. The molecule has 2 N–H and O–H groups in total. The summed E-state index contributed by atoms with van der Waals surface area (Å²) < 4.78 is 0. The molecule has 0 saturated carbocycles. The van der Waals surface area contributed by atoms with Crippen molar-refractivity contribution in [1.82, 2.24) is 25.1 Å². The molecule has 6 heteroatoms. The maximum atomic E-state index is 4.42. The quantitative estimate of drug-likeness (QED) is 0.823. The van der Waals surface area contributed by atoms with Gasteiger partial charge in [0, 0.05) is 11.3 Å². The van der Waals surface area contributed by atoms with Gasteiger partial charge in [-0.2, -0.15) is 5.10 Å². The second kappa shape index (κ2) is 5.34. The number of hydrogen-bond acceptors (Lipinski definition) is 5. The lowest BCUT2D eigenvalue weighted by Crippen LogP contribution is -2.13. The second-order valence-electron chi connectivity index (χ2n) is 4.94. The van der Waals surface area contributed by atoms with Gasteiger partial charge in [-0.05, 0) is 32.6 Å². The standard InChI is InChI=1S/C13H18N6/c1-9(12-16-8-17-19-12)18-13-10-5-3-2-4-6-11(10)14-7-15-13/h7-9H,2-6H2,1H3,(H,14,15,18)(H,16,17,19). The number of fused-ring (bicyclic) bond motifs is 1. The molecule has 0 saturated heterocycles. The van der Waals surface area contributed by atoms with Crippen molar-refractivity contribution in [3.63, 3.8) is 0 Å². The van der Waals surface area contributed by atoms with E-state index in [2.05, 4.69) is 30.5 Å². The van der Waals surface area contributed by atoms with Crippen LogP contribution >= 0.6 is 0 Å². The van der Waals surface area contributed by atoms with Gasteiger partial charge in [0.1, 0.15) is 24.3 Å². The van der Waals surface area contributed by atoms with Crippen molar-refractivity contribution < 1.29 is 0 Å². The number of rotatable bonds is 3. The van der Waals surface area contributed by atoms with E-state index in [1.54, 1.807) is 6.33 Å². The van der Waals surface area contributed by atoms with E-state index in [-0.39, 0.29) is 6.04 Å². The predicted octanol–water partition coefficient (Wildman–Crippen LogP) is 2.04. The molecular formula is C13H18N6. The summed E-state index contributed by atoms with van der Waals surface area (Å²) in [6, 6.07) is 0.0600. The van der Waals surface area contributed by atoms with E-state index in [0.29, 0.717) is 0 Å². The van der Waals surface area contributed by atoms with E-state index in [1.807, 2.05) is 6.92 Å². The number of aromatic amines is 1. The van der Waals surface area contributed by atoms with Gasteiger partial charge >= 0.3 is 0 Å². The topological polar surface area (TPSA) is 79.4 Å². The van der Waals surface area contributed by atoms with E-state index >= 15 is 0 Å². The molecule has 0 radical (unpaired) electrons. The molecule has 100 valence electrons. The Balaban J connectivity index is 1.85. The Morgan fingerprint density at radius 1 is 1.11 bits per heavy atom. The second-order valence-corrected chi connectivity index (χ2v) is 4.94. The Bertz CT molecular complexity index is 536. The van der Waals surface area contributed by atoms with Crippen LogP contribution in [0.15, 0.2) is 12.7 Å². The van der Waals surface area contributed by atoms with Crippen LogP contribution in [0.4, 0.5) is 5.82 Å². The number of aryl methyl sites for hydroxylation is 1. The fraction of sp³-hybridized carbons (Fsp3) is 0.538. The van der Waals surface area contributed by atoms with Crippen LogP contribution < -0.4 is 5.32 Å². The SMILES string of the molecule is CC(Nc1ncnc2c1CCCCC2)c1ncn[nH]1. The van der Waals surface area contributed by atoms with Gasteiger partial charge in [-0.25, -0.2) is 15.0 Å². The van der Waals surface area contributed by atoms with Crippen molar-refractivity contribution in [3.05, 3.63) is 29.7 Å². The van der Waals surface area contributed by atoms with Crippen LogP contribution in [0.5, 0.6) is 0 Å². The lowest BCUT2D eigenvalue weighted by atomic mass is 10.1. The van der Waals surface area contributed by atoms with Crippen molar-refractivity contribution >= 4 is 5.82 Å². The van der Waals surface area contributed by atoms with Gasteiger partial charge in [0.25, 0.3) is 0 Å². The molecule has 2 aromatic heterocycles. The first-order chi connectivity index (χ1) is 9.34. The molecule has 19 heavy (non-hydrogen) atoms. The molecule has 1 unspecified atom stereocenters. The summed E-state index contributed by atoms with van der Waals surface area (Å²) in [5.74, 6) is 1.76. The van der Waals surface area contributed by atoms with Crippen molar-refractivity contribution in [3.8, 4) is 0 Å². The van der Waals surface area contributed by atoms with Gasteiger partial charge in [-0.1, -0.05) is 6.42 Å². The van der Waals surface area contributed by atoms with Crippen LogP contribution in [0, 0.1) is 0 Å². The first kappa shape index (κ1) is 12.1. The smallest absolute Gasteiger partial charge is 0.146 e. The lowest BCUT2D eigenvalue weighted by molar-refractivity contribution is 0.708. The molecule has 1 aliphatic carbocycles. The molecule has 0 spiro atoms. The molecule has 1 atom stereocenters. The number of aromatic nitrogens is 5. The number of nitrogens with zero attached hydrogens (tertiary/aromatic N) is 4. The minimum atomic E-state index is 0.0600. The van der Waals surface area contributed by atoms with Crippen LogP contribution in [0.25, 0.3) is 0 Å². The predicted molar refractivity (Wildman–Crippen MR) is 71.7 cm³/mol. The molecule has 0 aromatic carbocycles. The summed E-state index contributed by atoms with van der Waals surface area (Å²) in [6.07, 6.45) is 9.00. The van der Waals surface area contributed by atoms with Crippen molar-refractivity contribution in [2.75, 3.05) is 5.32 Å². The summed E-state index contributed by atoms with van der Waals surface area (Å²) in [7, 11) is 0. The Morgan fingerprint density at radius 2 is 2.00 bits per heavy atom. The van der Waals surface area contributed by atoms with E-state index in [1.165, 1.54) is 36.8 Å². The molecule has 0 fully saturated rings. The van der Waals surface area contributed by atoms with E-state index in [4.69, 9.17) is 0 Å². The van der Waals surface area contributed by atoms with Gasteiger partial charge in [-0.3, -0.25) is 5.10 Å². The van der Waals surface area contributed by atoms with Crippen molar-refractivity contribution in [2.24, 2.45) is 0 Å². The minimum absolute atomic E-state index is 0.0600. The summed E-state index contributed by atoms with van der Waals surface area (Å²) in [5, 5.41) is 10.2. The highest BCUT2D eigenvalue weighted by Crippen LogP contribution is 2.25. The molecule has 0 aliphatic heterocycles. The van der Waals surface area contributed by atoms with Gasteiger partial charge in [0.05, 0.1) is 6.04 Å². The Kier molecular flexibility index (Phi) is 3.39. The molecule has 3 rings (SSSR count). The lowest BCUT2D eigenvalue weighted by Gasteiger charge is -2.16. The van der Waals surface area contributed by atoms with Crippen molar-refractivity contribution in [1.29, 1.82) is 0 Å². The number of H-pyrrole nitrogens is 1. The zero-order chi connectivity index (χ0) is 13.1. The molecule has 0 bridgehead atoms. The third-order valence-corrected chi connectivity index (χ3v) is 3.57. The normalized spacial score (nSPS) is 16.5. The highest BCUT2D eigenvalue weighted by atomic mass is 15.2. The third-order valence-electron chi connectivity index (χ3n) is 3.57. The van der Waals surface area contributed by atoms with Crippen LogP contribution in [0.2, 0.25) is 0 Å². The van der Waals surface area contributed by atoms with Gasteiger partial charge < -0.3 is 5.32 Å². The van der Waals surface area contributed by atoms with Gasteiger partial charge in [0.2, 0.25) is 0 Å². The fourth-order valence-electron chi connectivity index (χ4n) is 2.52. The molecule has 0 amide bonds. The summed E-state index contributed by atoms with van der Waals surface area (Å²) in [4.78, 5) is 13.0. The summed E-state index contributed by atoms with van der Waals surface area (Å²) in [5.41, 5.74) is 2.46. The largest absolute Gasteiger partial charge is 0.360 e. The van der Waals surface area contributed by atoms with Crippen LogP contribution in [0.3, 0.4) is 0 Å². The average molecular weight is 258 g/mol. The van der Waals surface area contributed by atoms with Gasteiger partial charge in [-0.15, -0.1) is 0 Å². The minimum Gasteiger partial charge on any atom is -0.360 e. The van der Waals surface area contributed by atoms with Gasteiger partial charge in [0.15, 0.2) is 0 Å².